The van der Waals surface area contributed by atoms with Crippen LogP contribution in [0.25, 0.3) is 0 Å². The standard InChI is InChI=1S/C24H18N2O4/c27-23(18-12-6-2-7-13-18)22(26-30-24(28)19-14-8-3-9-15-19)21-20(16-29-25-21)17-10-4-1-5-11-17/h1-15,20H,16H2/b26-22+. The van der Waals surface area contributed by atoms with E-state index in [0.29, 0.717) is 16.8 Å². The Morgan fingerprint density at radius 3 is 2.03 bits per heavy atom. The number of carbonyl (C=O) groups is 2. The van der Waals surface area contributed by atoms with E-state index in [-0.39, 0.29) is 18.2 Å². The molecule has 3 aromatic carbocycles. The first kappa shape index (κ1) is 19.3. The van der Waals surface area contributed by atoms with Crippen LogP contribution in [-0.2, 0) is 9.68 Å². The molecule has 0 N–H and O–H groups in total. The molecule has 0 spiro atoms. The van der Waals surface area contributed by atoms with Gasteiger partial charge in [-0.05, 0) is 17.7 Å². The number of benzene rings is 3. The molecule has 0 bridgehead atoms. The summed E-state index contributed by atoms with van der Waals surface area (Å²) in [5.74, 6) is -1.36. The van der Waals surface area contributed by atoms with Crippen molar-refractivity contribution in [2.45, 2.75) is 5.92 Å². The number of rotatable bonds is 6. The largest absolute Gasteiger partial charge is 0.394 e. The lowest BCUT2D eigenvalue weighted by molar-refractivity contribution is 0.0517. The summed E-state index contributed by atoms with van der Waals surface area (Å²) in [7, 11) is 0. The molecule has 1 atom stereocenters. The van der Waals surface area contributed by atoms with Crippen molar-refractivity contribution >= 4 is 23.2 Å². The zero-order chi connectivity index (χ0) is 20.8. The third-order valence-corrected chi connectivity index (χ3v) is 4.66. The molecule has 0 aliphatic carbocycles. The van der Waals surface area contributed by atoms with Crippen LogP contribution in [0.1, 0.15) is 32.2 Å². The van der Waals surface area contributed by atoms with Crippen LogP contribution in [-0.4, -0.2) is 29.8 Å². The minimum atomic E-state index is -0.662. The molecule has 0 amide bonds. The van der Waals surface area contributed by atoms with Crippen molar-refractivity contribution in [3.63, 3.8) is 0 Å². The predicted octanol–water partition coefficient (Wildman–Crippen LogP) is 4.25. The Morgan fingerprint density at radius 2 is 1.40 bits per heavy atom. The van der Waals surface area contributed by atoms with E-state index in [2.05, 4.69) is 10.3 Å². The van der Waals surface area contributed by atoms with Gasteiger partial charge >= 0.3 is 5.97 Å². The Balaban J connectivity index is 1.68. The summed E-state index contributed by atoms with van der Waals surface area (Å²) >= 11 is 0. The molecule has 4 rings (SSSR count). The van der Waals surface area contributed by atoms with Crippen LogP contribution in [0.2, 0.25) is 0 Å². The quantitative estimate of drug-likeness (QED) is 0.269. The highest BCUT2D eigenvalue weighted by atomic mass is 16.7. The molecule has 30 heavy (non-hydrogen) atoms. The van der Waals surface area contributed by atoms with Crippen molar-refractivity contribution in [2.24, 2.45) is 10.3 Å². The Kier molecular flexibility index (Phi) is 5.75. The van der Waals surface area contributed by atoms with Gasteiger partial charge < -0.3 is 9.68 Å². The molecule has 0 saturated heterocycles. The second-order valence-corrected chi connectivity index (χ2v) is 6.62. The summed E-state index contributed by atoms with van der Waals surface area (Å²) in [5.41, 5.74) is 1.94. The Morgan fingerprint density at radius 1 is 0.833 bits per heavy atom. The molecule has 0 saturated carbocycles. The van der Waals surface area contributed by atoms with E-state index < -0.39 is 11.8 Å². The number of oxime groups is 2. The van der Waals surface area contributed by atoms with Gasteiger partial charge in [0, 0.05) is 5.56 Å². The molecule has 1 aliphatic heterocycles. The summed E-state index contributed by atoms with van der Waals surface area (Å²) in [5, 5.41) is 8.01. The van der Waals surface area contributed by atoms with Gasteiger partial charge in [0.25, 0.3) is 0 Å². The fourth-order valence-electron chi connectivity index (χ4n) is 3.12. The Labute approximate surface area is 173 Å². The zero-order valence-electron chi connectivity index (χ0n) is 16.0. The van der Waals surface area contributed by atoms with Crippen LogP contribution >= 0.6 is 0 Å². The molecular formula is C24H18N2O4. The van der Waals surface area contributed by atoms with Gasteiger partial charge in [-0.15, -0.1) is 0 Å². The fourth-order valence-corrected chi connectivity index (χ4v) is 3.12. The minimum Gasteiger partial charge on any atom is -0.394 e. The smallest absolute Gasteiger partial charge is 0.365 e. The van der Waals surface area contributed by atoms with Crippen LogP contribution in [0.15, 0.2) is 101 Å². The van der Waals surface area contributed by atoms with Gasteiger partial charge in [-0.25, -0.2) is 4.79 Å². The van der Waals surface area contributed by atoms with Crippen molar-refractivity contribution in [1.29, 1.82) is 0 Å². The van der Waals surface area contributed by atoms with E-state index in [1.165, 1.54) is 0 Å². The lowest BCUT2D eigenvalue weighted by Gasteiger charge is -2.12. The second kappa shape index (κ2) is 8.96. The van der Waals surface area contributed by atoms with E-state index >= 15 is 0 Å². The topological polar surface area (TPSA) is 77.3 Å². The number of ketones is 1. The lowest BCUT2D eigenvalue weighted by Crippen LogP contribution is -2.29. The number of hydrogen-bond acceptors (Lipinski definition) is 6. The number of nitrogens with zero attached hydrogens (tertiary/aromatic N) is 2. The van der Waals surface area contributed by atoms with Crippen molar-refractivity contribution in [3.8, 4) is 0 Å². The minimum absolute atomic E-state index is 0.0585. The van der Waals surface area contributed by atoms with Crippen LogP contribution in [0, 0.1) is 0 Å². The van der Waals surface area contributed by atoms with Crippen molar-refractivity contribution in [3.05, 3.63) is 108 Å². The molecule has 6 nitrogen and oxygen atoms in total. The number of Topliss-reactive ketones (excluding diaryl/α,β-unsaturated/α-hetero) is 1. The van der Waals surface area contributed by atoms with Gasteiger partial charge in [-0.2, -0.15) is 0 Å². The summed E-state index contributed by atoms with van der Waals surface area (Å²) in [6.07, 6.45) is 0. The lowest BCUT2D eigenvalue weighted by atomic mass is 9.90. The molecule has 0 aromatic heterocycles. The zero-order valence-corrected chi connectivity index (χ0v) is 16.0. The third-order valence-electron chi connectivity index (χ3n) is 4.66. The molecule has 1 heterocycles. The van der Waals surface area contributed by atoms with Crippen LogP contribution in [0.5, 0.6) is 0 Å². The van der Waals surface area contributed by atoms with E-state index in [0.717, 1.165) is 5.56 Å². The monoisotopic (exact) mass is 398 g/mol. The van der Waals surface area contributed by atoms with Crippen molar-refractivity contribution < 1.29 is 19.3 Å². The van der Waals surface area contributed by atoms with Gasteiger partial charge in [0.1, 0.15) is 12.3 Å². The maximum absolute atomic E-state index is 13.2. The highest BCUT2D eigenvalue weighted by Gasteiger charge is 2.34. The van der Waals surface area contributed by atoms with Gasteiger partial charge in [0.05, 0.1) is 11.5 Å². The summed E-state index contributed by atoms with van der Waals surface area (Å²) in [6, 6.07) is 26.7. The first-order chi connectivity index (χ1) is 14.7. The van der Waals surface area contributed by atoms with E-state index in [9.17, 15) is 9.59 Å². The maximum atomic E-state index is 13.2. The van der Waals surface area contributed by atoms with Crippen molar-refractivity contribution in [1.82, 2.24) is 0 Å². The highest BCUT2D eigenvalue weighted by molar-refractivity contribution is 6.71. The van der Waals surface area contributed by atoms with Gasteiger partial charge in [-0.3, -0.25) is 4.79 Å². The second-order valence-electron chi connectivity index (χ2n) is 6.62. The maximum Gasteiger partial charge on any atom is 0.365 e. The van der Waals surface area contributed by atoms with E-state index in [1.54, 1.807) is 54.6 Å². The average Bonchev–Trinajstić information content (AvgIpc) is 3.30. The SMILES string of the molecule is O=C(O/N=C(/C(=O)c1ccccc1)C1=NOCC1c1ccccc1)c1ccccc1. The van der Waals surface area contributed by atoms with Crippen molar-refractivity contribution in [2.75, 3.05) is 6.61 Å². The summed E-state index contributed by atoms with van der Waals surface area (Å²) in [6.45, 7) is 0.271. The molecule has 3 aromatic rings. The number of carbonyl (C=O) groups excluding carboxylic acids is 2. The van der Waals surface area contributed by atoms with E-state index in [4.69, 9.17) is 9.68 Å². The molecule has 1 aliphatic rings. The Hall–Kier alpha value is -4.06. The fraction of sp³-hybridized carbons (Fsp3) is 0.0833. The molecule has 0 fully saturated rings. The Bertz CT molecular complexity index is 1090. The average molecular weight is 398 g/mol. The first-order valence-corrected chi connectivity index (χ1v) is 9.43. The van der Waals surface area contributed by atoms with Gasteiger partial charge in [0.2, 0.25) is 5.78 Å². The molecule has 148 valence electrons. The molecule has 6 heteroatoms. The summed E-state index contributed by atoms with van der Waals surface area (Å²) < 4.78 is 0. The van der Waals surface area contributed by atoms with Gasteiger partial charge in [-0.1, -0.05) is 89.2 Å². The number of hydrogen-bond donors (Lipinski definition) is 0. The first-order valence-electron chi connectivity index (χ1n) is 9.43. The van der Waals surface area contributed by atoms with E-state index in [1.807, 2.05) is 36.4 Å². The van der Waals surface area contributed by atoms with Crippen LogP contribution < -0.4 is 0 Å². The van der Waals surface area contributed by atoms with Gasteiger partial charge in [0.15, 0.2) is 5.71 Å². The molecular weight excluding hydrogens is 380 g/mol. The highest BCUT2D eigenvalue weighted by Crippen LogP contribution is 2.25. The predicted molar refractivity (Wildman–Crippen MR) is 113 cm³/mol. The van der Waals surface area contributed by atoms with Crippen LogP contribution in [0.4, 0.5) is 0 Å². The summed E-state index contributed by atoms with van der Waals surface area (Å²) in [4.78, 5) is 36.0. The molecule has 0 radical (unpaired) electrons. The van der Waals surface area contributed by atoms with Crippen LogP contribution in [0.3, 0.4) is 0 Å². The molecule has 1 unspecified atom stereocenters. The normalized spacial score (nSPS) is 15.8. The third kappa shape index (κ3) is 4.17.